The van der Waals surface area contributed by atoms with Gasteiger partial charge < -0.3 is 5.32 Å². The number of urea groups is 1. The fourth-order valence-electron chi connectivity index (χ4n) is 3.13. The Balaban J connectivity index is 1.41. The van der Waals surface area contributed by atoms with Gasteiger partial charge in [-0.25, -0.2) is 9.78 Å². The number of aromatic nitrogens is 1. The van der Waals surface area contributed by atoms with Gasteiger partial charge in [-0.3, -0.25) is 5.32 Å². The number of nitrogens with one attached hydrogen (secondary N) is 2. The van der Waals surface area contributed by atoms with E-state index in [4.69, 9.17) is 0 Å². The molecule has 0 spiro atoms. The van der Waals surface area contributed by atoms with E-state index in [1.54, 1.807) is 0 Å². The van der Waals surface area contributed by atoms with Crippen LogP contribution >= 0.6 is 11.3 Å². The molecule has 0 unspecified atom stereocenters. The van der Waals surface area contributed by atoms with E-state index in [0.29, 0.717) is 11.7 Å². The van der Waals surface area contributed by atoms with Crippen molar-refractivity contribution < 1.29 is 4.79 Å². The average molecular weight is 388 g/mol. The summed E-state index contributed by atoms with van der Waals surface area (Å²) in [6.45, 7) is 4.64. The van der Waals surface area contributed by atoms with E-state index >= 15 is 0 Å². The summed E-state index contributed by atoms with van der Waals surface area (Å²) in [5, 5.41) is 10.6. The fourth-order valence-corrected chi connectivity index (χ4v) is 3.84. The van der Waals surface area contributed by atoms with Crippen molar-refractivity contribution in [2.45, 2.75) is 20.4 Å². The maximum Gasteiger partial charge on any atom is 0.321 e. The molecule has 0 aliphatic heterocycles. The molecule has 0 bridgehead atoms. The Morgan fingerprint density at radius 1 is 1.00 bits per heavy atom. The van der Waals surface area contributed by atoms with Gasteiger partial charge in [-0.2, -0.15) is 0 Å². The zero-order valence-corrected chi connectivity index (χ0v) is 16.6. The van der Waals surface area contributed by atoms with Crippen LogP contribution < -0.4 is 10.6 Å². The molecule has 0 saturated carbocycles. The first-order chi connectivity index (χ1) is 13.6. The summed E-state index contributed by atoms with van der Waals surface area (Å²) in [6.07, 6.45) is 0. The first-order valence-electron chi connectivity index (χ1n) is 9.15. The third kappa shape index (κ3) is 3.89. The number of carbonyl (C=O) groups excluding carboxylic acids is 1. The number of amides is 2. The van der Waals surface area contributed by atoms with Crippen LogP contribution in [0.2, 0.25) is 0 Å². The predicted molar refractivity (Wildman–Crippen MR) is 117 cm³/mol. The summed E-state index contributed by atoms with van der Waals surface area (Å²) >= 11 is 1.42. The van der Waals surface area contributed by atoms with Crippen LogP contribution in [-0.2, 0) is 6.54 Å². The van der Waals surface area contributed by atoms with Gasteiger partial charge in [-0.05, 0) is 47.4 Å². The van der Waals surface area contributed by atoms with E-state index in [9.17, 15) is 4.79 Å². The highest BCUT2D eigenvalue weighted by molar-refractivity contribution is 7.14. The SMILES string of the molecule is Cc1ccc(-c2csc(NC(=O)NCc3cccc4ccccc34)n2)cc1C. The van der Waals surface area contributed by atoms with Gasteiger partial charge in [0.1, 0.15) is 0 Å². The molecule has 4 rings (SSSR count). The van der Waals surface area contributed by atoms with Gasteiger partial charge in [0.25, 0.3) is 0 Å². The normalized spacial score (nSPS) is 10.8. The highest BCUT2D eigenvalue weighted by Crippen LogP contribution is 2.26. The molecule has 0 aliphatic rings. The Kier molecular flexibility index (Phi) is 5.08. The Morgan fingerprint density at radius 3 is 2.68 bits per heavy atom. The van der Waals surface area contributed by atoms with Crippen molar-refractivity contribution in [1.82, 2.24) is 10.3 Å². The maximum atomic E-state index is 12.3. The summed E-state index contributed by atoms with van der Waals surface area (Å²) in [7, 11) is 0. The first-order valence-corrected chi connectivity index (χ1v) is 10.0. The van der Waals surface area contributed by atoms with Crippen molar-refractivity contribution in [3.8, 4) is 11.3 Å². The molecule has 0 radical (unpaired) electrons. The van der Waals surface area contributed by atoms with Gasteiger partial charge in [-0.1, -0.05) is 54.6 Å². The van der Waals surface area contributed by atoms with Crippen LogP contribution in [0.25, 0.3) is 22.0 Å². The lowest BCUT2D eigenvalue weighted by atomic mass is 10.0. The van der Waals surface area contributed by atoms with Gasteiger partial charge in [0.2, 0.25) is 0 Å². The molecular formula is C23H21N3OS. The molecule has 28 heavy (non-hydrogen) atoms. The highest BCUT2D eigenvalue weighted by Gasteiger charge is 2.09. The monoisotopic (exact) mass is 387 g/mol. The number of hydrogen-bond acceptors (Lipinski definition) is 3. The molecule has 2 N–H and O–H groups in total. The van der Waals surface area contributed by atoms with E-state index in [1.165, 1.54) is 27.8 Å². The number of benzene rings is 3. The van der Waals surface area contributed by atoms with Crippen LogP contribution in [0.4, 0.5) is 9.93 Å². The second-order valence-electron chi connectivity index (χ2n) is 6.78. The van der Waals surface area contributed by atoms with Crippen molar-refractivity contribution in [2.75, 3.05) is 5.32 Å². The standard InChI is InChI=1S/C23H21N3OS/c1-15-10-11-18(12-16(15)2)21-14-28-23(25-21)26-22(27)24-13-19-8-5-7-17-6-3-4-9-20(17)19/h3-12,14H,13H2,1-2H3,(H2,24,25,26,27). The lowest BCUT2D eigenvalue weighted by molar-refractivity contribution is 0.252. The second-order valence-corrected chi connectivity index (χ2v) is 7.64. The molecule has 3 aromatic carbocycles. The molecule has 4 aromatic rings. The van der Waals surface area contributed by atoms with E-state index < -0.39 is 0 Å². The minimum absolute atomic E-state index is 0.256. The van der Waals surface area contributed by atoms with Crippen LogP contribution in [-0.4, -0.2) is 11.0 Å². The minimum Gasteiger partial charge on any atom is -0.334 e. The topological polar surface area (TPSA) is 54.0 Å². The average Bonchev–Trinajstić information content (AvgIpc) is 3.17. The van der Waals surface area contributed by atoms with Gasteiger partial charge in [0.15, 0.2) is 5.13 Å². The van der Waals surface area contributed by atoms with Gasteiger partial charge in [0, 0.05) is 17.5 Å². The lowest BCUT2D eigenvalue weighted by Crippen LogP contribution is -2.28. The number of hydrogen-bond donors (Lipinski definition) is 2. The summed E-state index contributed by atoms with van der Waals surface area (Å²) in [5.41, 5.74) is 5.50. The number of anilines is 1. The van der Waals surface area contributed by atoms with Crippen molar-refractivity contribution in [1.29, 1.82) is 0 Å². The molecule has 140 valence electrons. The minimum atomic E-state index is -0.256. The predicted octanol–water partition coefficient (Wildman–Crippen LogP) is 5.90. The zero-order valence-electron chi connectivity index (χ0n) is 15.8. The van der Waals surface area contributed by atoms with Crippen molar-refractivity contribution in [3.63, 3.8) is 0 Å². The van der Waals surface area contributed by atoms with Crippen molar-refractivity contribution >= 4 is 33.3 Å². The van der Waals surface area contributed by atoms with E-state index in [0.717, 1.165) is 22.2 Å². The van der Waals surface area contributed by atoms with Gasteiger partial charge in [0.05, 0.1) is 5.69 Å². The molecule has 0 atom stereocenters. The Labute approximate surface area is 168 Å². The number of aryl methyl sites for hydroxylation is 2. The Hall–Kier alpha value is -3.18. The van der Waals surface area contributed by atoms with Crippen LogP contribution in [0.15, 0.2) is 66.0 Å². The quantitative estimate of drug-likeness (QED) is 0.458. The summed E-state index contributed by atoms with van der Waals surface area (Å²) in [6, 6.07) is 20.3. The summed E-state index contributed by atoms with van der Waals surface area (Å²) in [4.78, 5) is 16.9. The smallest absolute Gasteiger partial charge is 0.321 e. The summed E-state index contributed by atoms with van der Waals surface area (Å²) in [5.74, 6) is 0. The lowest BCUT2D eigenvalue weighted by Gasteiger charge is -2.08. The summed E-state index contributed by atoms with van der Waals surface area (Å²) < 4.78 is 0. The van der Waals surface area contributed by atoms with E-state index in [1.807, 2.05) is 29.6 Å². The molecule has 0 aliphatic carbocycles. The molecule has 5 heteroatoms. The van der Waals surface area contributed by atoms with Crippen molar-refractivity contribution in [3.05, 3.63) is 82.7 Å². The zero-order chi connectivity index (χ0) is 19.5. The van der Waals surface area contributed by atoms with Crippen LogP contribution in [0, 0.1) is 13.8 Å². The Bertz CT molecular complexity index is 1140. The molecule has 0 saturated heterocycles. The van der Waals surface area contributed by atoms with Gasteiger partial charge >= 0.3 is 6.03 Å². The largest absolute Gasteiger partial charge is 0.334 e. The third-order valence-electron chi connectivity index (χ3n) is 4.85. The highest BCUT2D eigenvalue weighted by atomic mass is 32.1. The number of carbonyl (C=O) groups is 1. The molecule has 2 amide bonds. The molecule has 0 fully saturated rings. The van der Waals surface area contributed by atoms with Crippen LogP contribution in [0.5, 0.6) is 0 Å². The maximum absolute atomic E-state index is 12.3. The molecule has 1 heterocycles. The third-order valence-corrected chi connectivity index (χ3v) is 5.60. The van der Waals surface area contributed by atoms with E-state index in [-0.39, 0.29) is 6.03 Å². The molecule has 4 nitrogen and oxygen atoms in total. The molecular weight excluding hydrogens is 366 g/mol. The van der Waals surface area contributed by atoms with Crippen molar-refractivity contribution in [2.24, 2.45) is 0 Å². The van der Waals surface area contributed by atoms with Crippen LogP contribution in [0.1, 0.15) is 16.7 Å². The number of rotatable bonds is 4. The first kappa shape index (κ1) is 18.2. The molecule has 1 aromatic heterocycles. The van der Waals surface area contributed by atoms with Crippen LogP contribution in [0.3, 0.4) is 0 Å². The van der Waals surface area contributed by atoms with Gasteiger partial charge in [-0.15, -0.1) is 11.3 Å². The second kappa shape index (κ2) is 7.82. The van der Waals surface area contributed by atoms with E-state index in [2.05, 4.69) is 65.9 Å². The fraction of sp³-hybridized carbons (Fsp3) is 0.130. The number of nitrogens with zero attached hydrogens (tertiary/aromatic N) is 1. The number of thiazole rings is 1. The number of fused-ring (bicyclic) bond motifs is 1. The Morgan fingerprint density at radius 2 is 1.82 bits per heavy atom.